The molecule has 1 saturated carbocycles. The average Bonchev–Trinajstić information content (AvgIpc) is 3.62. The molecule has 37 heavy (non-hydrogen) atoms. The lowest BCUT2D eigenvalue weighted by molar-refractivity contribution is -0.119. The summed E-state index contributed by atoms with van der Waals surface area (Å²) >= 11 is 9.87. The predicted octanol–water partition coefficient (Wildman–Crippen LogP) is 7.03. The van der Waals surface area contributed by atoms with Gasteiger partial charge in [-0.05, 0) is 82.9 Å². The van der Waals surface area contributed by atoms with Gasteiger partial charge in [0.25, 0.3) is 0 Å². The van der Waals surface area contributed by atoms with E-state index in [1.165, 1.54) is 0 Å². The van der Waals surface area contributed by atoms with E-state index in [1.54, 1.807) is 4.90 Å². The molecule has 3 aromatic carbocycles. The van der Waals surface area contributed by atoms with Crippen LogP contribution in [0.3, 0.4) is 0 Å². The number of hydrogen-bond acceptors (Lipinski definition) is 2. The van der Waals surface area contributed by atoms with Crippen LogP contribution in [0, 0.1) is 0 Å². The third kappa shape index (κ3) is 4.54. The second-order valence-corrected chi connectivity index (χ2v) is 10.6. The number of urea groups is 1. The summed E-state index contributed by atoms with van der Waals surface area (Å²) in [6.45, 7) is -0.0347. The second-order valence-electron chi connectivity index (χ2n) is 9.28. The molecule has 186 valence electrons. The summed E-state index contributed by atoms with van der Waals surface area (Å²) in [4.78, 5) is 31.0. The van der Waals surface area contributed by atoms with E-state index in [2.05, 4.69) is 25.8 Å². The van der Waals surface area contributed by atoms with Crippen molar-refractivity contribution in [2.75, 3.05) is 16.8 Å². The quantitative estimate of drug-likeness (QED) is 0.278. The van der Waals surface area contributed by atoms with Gasteiger partial charge in [-0.1, -0.05) is 48.0 Å². The molecule has 0 radical (unpaired) electrons. The lowest BCUT2D eigenvalue weighted by Gasteiger charge is -2.39. The molecule has 4 aromatic rings. The van der Waals surface area contributed by atoms with Crippen molar-refractivity contribution >= 4 is 50.8 Å². The zero-order valence-corrected chi connectivity index (χ0v) is 22.2. The molecule has 1 fully saturated rings. The highest BCUT2D eigenvalue weighted by Gasteiger charge is 2.40. The molecule has 6 nitrogen and oxygen atoms in total. The summed E-state index contributed by atoms with van der Waals surface area (Å²) in [7, 11) is 0. The van der Waals surface area contributed by atoms with Crippen molar-refractivity contribution in [3.63, 3.8) is 0 Å². The SMILES string of the molecule is O=C(Nc1ccccc1Br)N(CC(=O)N1c2ccccc2-n2cccc2C1c1cccc(Cl)c1)C1CC1. The maximum absolute atomic E-state index is 14.2. The minimum absolute atomic E-state index is 0.0347. The van der Waals surface area contributed by atoms with Gasteiger partial charge in [-0.2, -0.15) is 0 Å². The van der Waals surface area contributed by atoms with Crippen molar-refractivity contribution in [1.29, 1.82) is 0 Å². The number of anilines is 2. The van der Waals surface area contributed by atoms with Gasteiger partial charge >= 0.3 is 6.03 Å². The highest BCUT2D eigenvalue weighted by atomic mass is 79.9. The number of amides is 3. The third-order valence-electron chi connectivity index (χ3n) is 6.82. The number of carbonyl (C=O) groups is 2. The Morgan fingerprint density at radius 2 is 1.70 bits per heavy atom. The number of nitrogens with one attached hydrogen (secondary N) is 1. The van der Waals surface area contributed by atoms with E-state index < -0.39 is 0 Å². The van der Waals surface area contributed by atoms with Gasteiger partial charge in [0.05, 0.1) is 22.8 Å². The fraction of sp³-hybridized carbons (Fsp3) is 0.172. The smallest absolute Gasteiger partial charge is 0.316 e. The number of para-hydroxylation sites is 3. The molecule has 0 spiro atoms. The van der Waals surface area contributed by atoms with Crippen molar-refractivity contribution in [3.8, 4) is 5.69 Å². The average molecular weight is 576 g/mol. The first-order valence-corrected chi connectivity index (χ1v) is 13.3. The van der Waals surface area contributed by atoms with Crippen LogP contribution in [0.5, 0.6) is 0 Å². The summed E-state index contributed by atoms with van der Waals surface area (Å²) in [5.74, 6) is -0.154. The fourth-order valence-electron chi connectivity index (χ4n) is 4.98. The van der Waals surface area contributed by atoms with Crippen molar-refractivity contribution in [3.05, 3.63) is 112 Å². The number of benzene rings is 3. The number of nitrogens with zero attached hydrogens (tertiary/aromatic N) is 3. The Morgan fingerprint density at radius 3 is 2.46 bits per heavy atom. The van der Waals surface area contributed by atoms with Gasteiger partial charge in [0, 0.05) is 21.7 Å². The van der Waals surface area contributed by atoms with E-state index in [-0.39, 0.29) is 30.6 Å². The molecule has 2 aliphatic rings. The predicted molar refractivity (Wildman–Crippen MR) is 149 cm³/mol. The number of carbonyl (C=O) groups excluding carboxylic acids is 2. The zero-order valence-electron chi connectivity index (χ0n) is 19.9. The van der Waals surface area contributed by atoms with Gasteiger partial charge in [-0.15, -0.1) is 0 Å². The van der Waals surface area contributed by atoms with E-state index in [0.29, 0.717) is 10.7 Å². The molecule has 2 heterocycles. The van der Waals surface area contributed by atoms with Crippen molar-refractivity contribution in [1.82, 2.24) is 9.47 Å². The van der Waals surface area contributed by atoms with E-state index >= 15 is 0 Å². The summed E-state index contributed by atoms with van der Waals surface area (Å²) in [5, 5.41) is 3.57. The van der Waals surface area contributed by atoms with Gasteiger partial charge in [0.1, 0.15) is 12.6 Å². The third-order valence-corrected chi connectivity index (χ3v) is 7.75. The molecule has 0 bridgehead atoms. The topological polar surface area (TPSA) is 57.6 Å². The minimum Gasteiger partial charge on any atom is -0.316 e. The van der Waals surface area contributed by atoms with Gasteiger partial charge in [0.2, 0.25) is 5.91 Å². The molecular formula is C29H24BrClN4O2. The highest BCUT2D eigenvalue weighted by molar-refractivity contribution is 9.10. The molecule has 1 N–H and O–H groups in total. The first-order valence-electron chi connectivity index (χ1n) is 12.2. The maximum Gasteiger partial charge on any atom is 0.322 e. The minimum atomic E-state index is -0.386. The number of hydrogen-bond donors (Lipinski definition) is 1. The molecule has 1 aliphatic carbocycles. The Labute approximate surface area is 228 Å². The Hall–Kier alpha value is -3.55. The molecular weight excluding hydrogens is 552 g/mol. The molecule has 1 aromatic heterocycles. The van der Waals surface area contributed by atoms with Crippen LogP contribution in [0.25, 0.3) is 5.69 Å². The molecule has 1 unspecified atom stereocenters. The summed E-state index contributed by atoms with van der Waals surface area (Å²) in [5.41, 5.74) is 4.26. The van der Waals surface area contributed by atoms with E-state index in [1.807, 2.05) is 96.0 Å². The second kappa shape index (κ2) is 9.72. The number of halogens is 2. The van der Waals surface area contributed by atoms with Crippen molar-refractivity contribution in [2.45, 2.75) is 24.9 Å². The Kier molecular flexibility index (Phi) is 6.26. The Morgan fingerprint density at radius 1 is 0.946 bits per heavy atom. The molecule has 6 rings (SSSR count). The first-order chi connectivity index (χ1) is 18.0. The van der Waals surface area contributed by atoms with Gasteiger partial charge in [-0.25, -0.2) is 4.79 Å². The van der Waals surface area contributed by atoms with Crippen molar-refractivity contribution in [2.24, 2.45) is 0 Å². The zero-order chi connectivity index (χ0) is 25.5. The lowest BCUT2D eigenvalue weighted by Crippen LogP contribution is -2.48. The van der Waals surface area contributed by atoms with Crippen LogP contribution < -0.4 is 10.2 Å². The van der Waals surface area contributed by atoms with Crippen LogP contribution >= 0.6 is 27.5 Å². The van der Waals surface area contributed by atoms with Crippen LogP contribution in [-0.4, -0.2) is 34.0 Å². The fourth-order valence-corrected chi connectivity index (χ4v) is 5.56. The summed E-state index contributed by atoms with van der Waals surface area (Å²) in [6, 6.07) is 26.3. The first kappa shape index (κ1) is 23.8. The largest absolute Gasteiger partial charge is 0.322 e. The number of fused-ring (bicyclic) bond motifs is 3. The molecule has 8 heteroatoms. The molecule has 1 atom stereocenters. The highest BCUT2D eigenvalue weighted by Crippen LogP contribution is 2.43. The van der Waals surface area contributed by atoms with Crippen molar-refractivity contribution < 1.29 is 9.59 Å². The van der Waals surface area contributed by atoms with Crippen LogP contribution in [0.4, 0.5) is 16.2 Å². The number of rotatable bonds is 5. The lowest BCUT2D eigenvalue weighted by atomic mass is 9.97. The molecule has 0 saturated heterocycles. The normalized spacial score (nSPS) is 16.1. The van der Waals surface area contributed by atoms with Crippen LogP contribution in [0.1, 0.15) is 30.1 Å². The molecule has 3 amide bonds. The van der Waals surface area contributed by atoms with Gasteiger partial charge in [0.15, 0.2) is 0 Å². The van der Waals surface area contributed by atoms with E-state index in [0.717, 1.165) is 39.9 Å². The van der Waals surface area contributed by atoms with Crippen LogP contribution in [0.2, 0.25) is 5.02 Å². The molecule has 1 aliphatic heterocycles. The monoisotopic (exact) mass is 574 g/mol. The van der Waals surface area contributed by atoms with Gasteiger partial charge in [-0.3, -0.25) is 9.69 Å². The van der Waals surface area contributed by atoms with E-state index in [4.69, 9.17) is 11.6 Å². The van der Waals surface area contributed by atoms with Gasteiger partial charge < -0.3 is 14.8 Å². The Bertz CT molecular complexity index is 1500. The standard InChI is InChI=1S/C29H24BrClN4O2/c30-22-9-1-2-10-23(22)32-29(37)34(21-14-15-21)18-27(36)35-25-12-4-3-11-24(25)33-16-6-13-26(33)28(35)19-7-5-8-20(31)17-19/h1-13,16-17,21,28H,14-15,18H2,(H,32,37). The van der Waals surface area contributed by atoms with E-state index in [9.17, 15) is 9.59 Å². The van der Waals surface area contributed by atoms with Crippen LogP contribution in [-0.2, 0) is 4.79 Å². The van der Waals surface area contributed by atoms with Crippen LogP contribution in [0.15, 0.2) is 95.6 Å². The summed E-state index contributed by atoms with van der Waals surface area (Å²) in [6.07, 6.45) is 3.77. The Balaban J connectivity index is 1.37. The number of aromatic nitrogens is 1. The maximum atomic E-state index is 14.2. The summed E-state index contributed by atoms with van der Waals surface area (Å²) < 4.78 is 2.90.